The smallest absolute Gasteiger partial charge is 0.746 e. The minimum absolute atomic E-state index is 0. The summed E-state index contributed by atoms with van der Waals surface area (Å²) in [6.45, 7) is 5.12. The third-order valence-electron chi connectivity index (χ3n) is 6.02. The molecule has 0 aromatic rings. The Morgan fingerprint density at radius 1 is 0.576 bits per heavy atom. The summed E-state index contributed by atoms with van der Waals surface area (Å²) in [6, 6.07) is 0. The molecule has 0 rings (SSSR count). The summed E-state index contributed by atoms with van der Waals surface area (Å²) in [5, 5.41) is 0. The first-order valence-corrected chi connectivity index (χ1v) is 15.1. The van der Waals surface area contributed by atoms with E-state index in [0.29, 0.717) is 13.2 Å². The molecule has 0 aliphatic carbocycles. The Kier molecular flexibility index (Phi) is 29.9. The predicted octanol–water partition coefficient (Wildman–Crippen LogP) is 4.74. The SMILES string of the molecule is CCCCCCCCCCCCOCC(OCCCCCCCCCCCC)S(=O)(=O)[O-].[Na+]. The number of hydrogen-bond donors (Lipinski definition) is 0. The fourth-order valence-corrected chi connectivity index (χ4v) is 4.42. The Labute approximate surface area is 228 Å². The summed E-state index contributed by atoms with van der Waals surface area (Å²) in [6.07, 6.45) is 24.4. The summed E-state index contributed by atoms with van der Waals surface area (Å²) < 4.78 is 45.0. The van der Waals surface area contributed by atoms with Crippen LogP contribution in [0.4, 0.5) is 0 Å². The zero-order valence-corrected chi connectivity index (χ0v) is 25.1. The molecule has 0 aliphatic heterocycles. The molecule has 0 fully saturated rings. The molecule has 0 bridgehead atoms. The summed E-state index contributed by atoms with van der Waals surface area (Å²) in [5.74, 6) is 0. The zero-order chi connectivity index (χ0) is 23.8. The second kappa shape index (κ2) is 27.4. The minimum atomic E-state index is -4.49. The van der Waals surface area contributed by atoms with Crippen molar-refractivity contribution in [1.29, 1.82) is 0 Å². The molecule has 0 amide bonds. The van der Waals surface area contributed by atoms with E-state index in [0.717, 1.165) is 32.1 Å². The first-order chi connectivity index (χ1) is 15.5. The van der Waals surface area contributed by atoms with Gasteiger partial charge in [-0.15, -0.1) is 0 Å². The molecule has 33 heavy (non-hydrogen) atoms. The molecule has 0 spiro atoms. The molecule has 0 aromatic carbocycles. The van der Waals surface area contributed by atoms with Crippen molar-refractivity contribution in [3.63, 3.8) is 0 Å². The third kappa shape index (κ3) is 27.3. The molecule has 1 unspecified atom stereocenters. The maximum absolute atomic E-state index is 11.4. The predicted molar refractivity (Wildman–Crippen MR) is 134 cm³/mol. The number of rotatable bonds is 26. The number of ether oxygens (including phenoxy) is 2. The van der Waals surface area contributed by atoms with Crippen molar-refractivity contribution in [3.05, 3.63) is 0 Å². The van der Waals surface area contributed by atoms with Gasteiger partial charge in [-0.25, -0.2) is 8.42 Å². The summed E-state index contributed by atoms with van der Waals surface area (Å²) >= 11 is 0. The van der Waals surface area contributed by atoms with Gasteiger partial charge in [-0.3, -0.25) is 0 Å². The maximum Gasteiger partial charge on any atom is 1.00 e. The molecule has 0 N–H and O–H groups in total. The molecule has 0 aliphatic rings. The Hall–Kier alpha value is 0.830. The van der Waals surface area contributed by atoms with Crippen LogP contribution in [0.5, 0.6) is 0 Å². The van der Waals surface area contributed by atoms with E-state index in [1.807, 2.05) is 0 Å². The Balaban J connectivity index is 0. The monoisotopic (exact) mass is 500 g/mol. The van der Waals surface area contributed by atoms with E-state index in [1.54, 1.807) is 0 Å². The molecule has 0 heterocycles. The van der Waals surface area contributed by atoms with Gasteiger partial charge in [0.1, 0.15) is 10.1 Å². The van der Waals surface area contributed by atoms with Gasteiger partial charge >= 0.3 is 29.6 Å². The van der Waals surface area contributed by atoms with E-state index >= 15 is 0 Å². The van der Waals surface area contributed by atoms with Crippen LogP contribution < -0.4 is 29.6 Å². The fourth-order valence-electron chi connectivity index (χ4n) is 3.89. The van der Waals surface area contributed by atoms with Crippen molar-refractivity contribution in [2.75, 3.05) is 19.8 Å². The van der Waals surface area contributed by atoms with Gasteiger partial charge in [0.15, 0.2) is 5.44 Å². The third-order valence-corrected chi connectivity index (χ3v) is 6.94. The summed E-state index contributed by atoms with van der Waals surface area (Å²) in [7, 11) is -4.49. The first-order valence-electron chi connectivity index (χ1n) is 13.7. The van der Waals surface area contributed by atoms with E-state index in [1.165, 1.54) is 96.3 Å². The second-order valence-corrected chi connectivity index (χ2v) is 10.7. The van der Waals surface area contributed by atoms with Crippen LogP contribution in [0.2, 0.25) is 0 Å². The Morgan fingerprint density at radius 3 is 1.27 bits per heavy atom. The second-order valence-electron chi connectivity index (χ2n) is 9.23. The zero-order valence-electron chi connectivity index (χ0n) is 22.3. The van der Waals surface area contributed by atoms with Crippen LogP contribution in [0.15, 0.2) is 0 Å². The molecule has 0 radical (unpaired) electrons. The van der Waals surface area contributed by atoms with Gasteiger partial charge in [0.25, 0.3) is 0 Å². The Morgan fingerprint density at radius 2 is 0.909 bits per heavy atom. The molecule has 1 atom stereocenters. The summed E-state index contributed by atoms with van der Waals surface area (Å²) in [4.78, 5) is 0. The molecular weight excluding hydrogens is 447 g/mol. The first kappa shape index (κ1) is 36.0. The standard InChI is InChI=1S/C26H54O5S.Na/c1-3-5-7-9-11-13-15-17-19-21-23-30-25-26(32(27,28)29)31-24-22-20-18-16-14-12-10-8-6-4-2;/h26H,3-25H2,1-2H3,(H,27,28,29);/q;+1/p-1. The van der Waals surface area contributed by atoms with E-state index in [-0.39, 0.29) is 36.2 Å². The molecular formula is C26H53NaO5S. The number of hydrogen-bond acceptors (Lipinski definition) is 5. The van der Waals surface area contributed by atoms with Gasteiger partial charge < -0.3 is 14.0 Å². The van der Waals surface area contributed by atoms with E-state index in [2.05, 4.69) is 13.8 Å². The molecule has 5 nitrogen and oxygen atoms in total. The van der Waals surface area contributed by atoms with Crippen molar-refractivity contribution in [2.24, 2.45) is 0 Å². The van der Waals surface area contributed by atoms with Crippen molar-refractivity contribution in [2.45, 2.75) is 148 Å². The van der Waals surface area contributed by atoms with Crippen LogP contribution in [-0.2, 0) is 19.6 Å². The van der Waals surface area contributed by atoms with Crippen molar-refractivity contribution < 1.29 is 52.0 Å². The quantitative estimate of drug-likeness (QED) is 0.0974. The van der Waals surface area contributed by atoms with Crippen molar-refractivity contribution in [3.8, 4) is 0 Å². The Bertz CT molecular complexity index is 473. The van der Waals surface area contributed by atoms with Crippen LogP contribution in [-0.4, -0.2) is 38.2 Å². The molecule has 194 valence electrons. The molecule has 7 heteroatoms. The van der Waals surface area contributed by atoms with Crippen LogP contribution in [0.1, 0.15) is 142 Å². The maximum atomic E-state index is 11.4. The molecule has 0 saturated heterocycles. The van der Waals surface area contributed by atoms with Gasteiger partial charge in [-0.05, 0) is 12.8 Å². The fraction of sp³-hybridized carbons (Fsp3) is 1.00. The van der Waals surface area contributed by atoms with Crippen LogP contribution in [0.25, 0.3) is 0 Å². The molecule has 0 saturated carbocycles. The normalized spacial score (nSPS) is 12.6. The van der Waals surface area contributed by atoms with Crippen LogP contribution in [0.3, 0.4) is 0 Å². The average molecular weight is 501 g/mol. The van der Waals surface area contributed by atoms with Crippen LogP contribution in [0, 0.1) is 0 Å². The van der Waals surface area contributed by atoms with E-state index in [9.17, 15) is 13.0 Å². The average Bonchev–Trinajstić information content (AvgIpc) is 2.75. The van der Waals surface area contributed by atoms with Gasteiger partial charge in [-0.2, -0.15) is 0 Å². The van der Waals surface area contributed by atoms with E-state index in [4.69, 9.17) is 9.47 Å². The van der Waals surface area contributed by atoms with E-state index < -0.39 is 15.6 Å². The topological polar surface area (TPSA) is 75.7 Å². The molecule has 0 aromatic heterocycles. The van der Waals surface area contributed by atoms with Crippen LogP contribution >= 0.6 is 0 Å². The van der Waals surface area contributed by atoms with Gasteiger partial charge in [0.05, 0.1) is 6.61 Å². The van der Waals surface area contributed by atoms with Crippen molar-refractivity contribution in [1.82, 2.24) is 0 Å². The summed E-state index contributed by atoms with van der Waals surface area (Å²) in [5.41, 5.74) is -1.37. The van der Waals surface area contributed by atoms with Gasteiger partial charge in [0.2, 0.25) is 0 Å². The minimum Gasteiger partial charge on any atom is -0.746 e. The van der Waals surface area contributed by atoms with Crippen molar-refractivity contribution >= 4 is 10.1 Å². The van der Waals surface area contributed by atoms with Gasteiger partial charge in [-0.1, -0.05) is 129 Å². The largest absolute Gasteiger partial charge is 1.00 e. The number of unbranched alkanes of at least 4 members (excludes halogenated alkanes) is 18. The van der Waals surface area contributed by atoms with Gasteiger partial charge in [0, 0.05) is 13.2 Å².